The van der Waals surface area contributed by atoms with E-state index in [9.17, 15) is 0 Å². The van der Waals surface area contributed by atoms with Crippen molar-refractivity contribution in [3.8, 4) is 0 Å². The first-order chi connectivity index (χ1) is 11.3. The Labute approximate surface area is 150 Å². The molecule has 0 bridgehead atoms. The molecule has 23 heavy (non-hydrogen) atoms. The standard InChI is InChI=1S/C17H20ClN3S2/c1-2-10-21-16(13-8-9-13)19-20-17(21)23-12-5-11-22-15-7-4-3-6-14(15)18/h2-4,6-7,13H,1,5,8-12H2. The number of allylic oxidation sites excluding steroid dienone is 1. The van der Waals surface area contributed by atoms with Gasteiger partial charge in [0.1, 0.15) is 5.82 Å². The Morgan fingerprint density at radius 2 is 2.00 bits per heavy atom. The van der Waals surface area contributed by atoms with Gasteiger partial charge < -0.3 is 4.57 Å². The molecular formula is C17H20ClN3S2. The Bertz CT molecular complexity index is 668. The predicted octanol–water partition coefficient (Wildman–Crippen LogP) is 5.27. The molecule has 122 valence electrons. The zero-order valence-electron chi connectivity index (χ0n) is 12.9. The summed E-state index contributed by atoms with van der Waals surface area (Å²) in [6.07, 6.45) is 5.52. The van der Waals surface area contributed by atoms with E-state index in [4.69, 9.17) is 11.6 Å². The number of thioether (sulfide) groups is 2. The molecule has 1 aliphatic carbocycles. The van der Waals surface area contributed by atoms with Gasteiger partial charge in [-0.2, -0.15) is 0 Å². The lowest BCUT2D eigenvalue weighted by Gasteiger charge is -2.07. The van der Waals surface area contributed by atoms with Crippen molar-refractivity contribution in [1.29, 1.82) is 0 Å². The Hall–Kier alpha value is -0.910. The number of hydrogen-bond acceptors (Lipinski definition) is 4. The summed E-state index contributed by atoms with van der Waals surface area (Å²) in [6.45, 7) is 4.65. The normalized spacial score (nSPS) is 14.1. The van der Waals surface area contributed by atoms with E-state index in [0.29, 0.717) is 5.92 Å². The summed E-state index contributed by atoms with van der Waals surface area (Å²) in [5.74, 6) is 3.85. The maximum Gasteiger partial charge on any atom is 0.191 e. The minimum Gasteiger partial charge on any atom is -0.302 e. The Balaban J connectivity index is 1.47. The van der Waals surface area contributed by atoms with E-state index in [1.54, 1.807) is 11.8 Å². The molecule has 2 aromatic rings. The lowest BCUT2D eigenvalue weighted by atomic mass is 10.4. The number of nitrogens with zero attached hydrogens (tertiary/aromatic N) is 3. The summed E-state index contributed by atoms with van der Waals surface area (Å²) in [5.41, 5.74) is 0. The Morgan fingerprint density at radius 1 is 1.22 bits per heavy atom. The molecule has 1 aromatic heterocycles. The average molecular weight is 366 g/mol. The van der Waals surface area contributed by atoms with Crippen LogP contribution in [0.4, 0.5) is 0 Å². The third kappa shape index (κ3) is 4.55. The fraction of sp³-hybridized carbons (Fsp3) is 0.412. The number of hydrogen-bond donors (Lipinski definition) is 0. The van der Waals surface area contributed by atoms with Crippen LogP contribution in [0.25, 0.3) is 0 Å². The van der Waals surface area contributed by atoms with Gasteiger partial charge in [0.2, 0.25) is 0 Å². The molecule has 0 spiro atoms. The molecular weight excluding hydrogens is 346 g/mol. The molecule has 0 saturated heterocycles. The fourth-order valence-electron chi connectivity index (χ4n) is 2.32. The van der Waals surface area contributed by atoms with E-state index in [1.807, 2.05) is 36.0 Å². The molecule has 1 saturated carbocycles. The highest BCUT2D eigenvalue weighted by atomic mass is 35.5. The molecule has 0 atom stereocenters. The van der Waals surface area contributed by atoms with Gasteiger partial charge in [0.25, 0.3) is 0 Å². The molecule has 3 rings (SSSR count). The highest BCUT2D eigenvalue weighted by molar-refractivity contribution is 8.00. The summed E-state index contributed by atoms with van der Waals surface area (Å²) >= 11 is 9.77. The van der Waals surface area contributed by atoms with Crippen LogP contribution < -0.4 is 0 Å². The highest BCUT2D eigenvalue weighted by Crippen LogP contribution is 2.40. The van der Waals surface area contributed by atoms with Gasteiger partial charge in [0, 0.05) is 23.1 Å². The summed E-state index contributed by atoms with van der Waals surface area (Å²) in [6, 6.07) is 8.00. The van der Waals surface area contributed by atoms with Crippen molar-refractivity contribution in [2.75, 3.05) is 11.5 Å². The molecule has 0 aliphatic heterocycles. The molecule has 0 N–H and O–H groups in total. The van der Waals surface area contributed by atoms with E-state index < -0.39 is 0 Å². The van der Waals surface area contributed by atoms with Crippen LogP contribution in [0.3, 0.4) is 0 Å². The maximum absolute atomic E-state index is 6.17. The van der Waals surface area contributed by atoms with Crippen LogP contribution in [0.2, 0.25) is 5.02 Å². The minimum atomic E-state index is 0.618. The first-order valence-electron chi connectivity index (χ1n) is 7.83. The predicted molar refractivity (Wildman–Crippen MR) is 99.7 cm³/mol. The molecule has 1 aromatic carbocycles. The highest BCUT2D eigenvalue weighted by Gasteiger charge is 2.29. The van der Waals surface area contributed by atoms with Crippen LogP contribution in [0.15, 0.2) is 47.0 Å². The first kappa shape index (κ1) is 16.9. The van der Waals surface area contributed by atoms with Crippen LogP contribution in [-0.4, -0.2) is 26.3 Å². The van der Waals surface area contributed by atoms with E-state index in [0.717, 1.165) is 45.4 Å². The van der Waals surface area contributed by atoms with Crippen molar-refractivity contribution in [3.63, 3.8) is 0 Å². The van der Waals surface area contributed by atoms with Crippen LogP contribution in [0, 0.1) is 0 Å². The van der Waals surface area contributed by atoms with Crippen LogP contribution in [0.5, 0.6) is 0 Å². The fourth-order valence-corrected chi connectivity index (χ4v) is 4.58. The van der Waals surface area contributed by atoms with Gasteiger partial charge in [-0.15, -0.1) is 28.5 Å². The smallest absolute Gasteiger partial charge is 0.191 e. The van der Waals surface area contributed by atoms with E-state index in [2.05, 4.69) is 27.4 Å². The lowest BCUT2D eigenvalue weighted by Crippen LogP contribution is -2.03. The first-order valence-corrected chi connectivity index (χ1v) is 10.2. The quantitative estimate of drug-likeness (QED) is 0.344. The average Bonchev–Trinajstić information content (AvgIpc) is 3.32. The van der Waals surface area contributed by atoms with Crippen molar-refractivity contribution in [1.82, 2.24) is 14.8 Å². The van der Waals surface area contributed by atoms with Gasteiger partial charge in [0.05, 0.1) is 5.02 Å². The van der Waals surface area contributed by atoms with Crippen molar-refractivity contribution < 1.29 is 0 Å². The second-order valence-corrected chi connectivity index (χ2v) is 8.10. The van der Waals surface area contributed by atoms with Crippen molar-refractivity contribution in [2.45, 2.75) is 41.8 Å². The summed E-state index contributed by atoms with van der Waals surface area (Å²) in [7, 11) is 0. The SMILES string of the molecule is C=CCn1c(SCCCSc2ccccc2Cl)nnc1C1CC1. The molecule has 0 unspecified atom stereocenters. The zero-order valence-corrected chi connectivity index (χ0v) is 15.3. The Kier molecular flexibility index (Phi) is 6.08. The maximum atomic E-state index is 6.17. The van der Waals surface area contributed by atoms with E-state index in [1.165, 1.54) is 12.8 Å². The minimum absolute atomic E-state index is 0.618. The molecule has 1 aliphatic rings. The van der Waals surface area contributed by atoms with Gasteiger partial charge in [0.15, 0.2) is 5.16 Å². The van der Waals surface area contributed by atoms with Gasteiger partial charge in [-0.3, -0.25) is 0 Å². The number of rotatable bonds is 9. The van der Waals surface area contributed by atoms with E-state index >= 15 is 0 Å². The Morgan fingerprint density at radius 3 is 2.74 bits per heavy atom. The molecule has 0 radical (unpaired) electrons. The second-order valence-electron chi connectivity index (χ2n) is 5.50. The molecule has 0 amide bonds. The number of benzene rings is 1. The molecule has 1 fully saturated rings. The van der Waals surface area contributed by atoms with Crippen molar-refractivity contribution in [3.05, 3.63) is 47.8 Å². The third-order valence-corrected chi connectivity index (χ3v) is 6.27. The molecule has 1 heterocycles. The molecule has 3 nitrogen and oxygen atoms in total. The second kappa shape index (κ2) is 8.27. The monoisotopic (exact) mass is 365 g/mol. The number of aromatic nitrogens is 3. The van der Waals surface area contributed by atoms with Crippen LogP contribution >= 0.6 is 35.1 Å². The summed E-state index contributed by atoms with van der Waals surface area (Å²) in [4.78, 5) is 1.16. The largest absolute Gasteiger partial charge is 0.302 e. The number of halogens is 1. The third-order valence-electron chi connectivity index (χ3n) is 3.61. The molecule has 6 heteroatoms. The van der Waals surface area contributed by atoms with Crippen molar-refractivity contribution >= 4 is 35.1 Å². The van der Waals surface area contributed by atoms with Crippen LogP contribution in [0.1, 0.15) is 31.0 Å². The zero-order chi connectivity index (χ0) is 16.1. The van der Waals surface area contributed by atoms with E-state index in [-0.39, 0.29) is 0 Å². The van der Waals surface area contributed by atoms with Crippen LogP contribution in [-0.2, 0) is 6.54 Å². The van der Waals surface area contributed by atoms with Gasteiger partial charge in [-0.1, -0.05) is 41.6 Å². The van der Waals surface area contributed by atoms with Gasteiger partial charge >= 0.3 is 0 Å². The van der Waals surface area contributed by atoms with Crippen molar-refractivity contribution in [2.24, 2.45) is 0 Å². The summed E-state index contributed by atoms with van der Waals surface area (Å²) in [5, 5.41) is 10.6. The lowest BCUT2D eigenvalue weighted by molar-refractivity contribution is 0.681. The summed E-state index contributed by atoms with van der Waals surface area (Å²) < 4.78 is 2.22. The topological polar surface area (TPSA) is 30.7 Å². The van der Waals surface area contributed by atoms with Gasteiger partial charge in [-0.25, -0.2) is 0 Å². The van der Waals surface area contributed by atoms with Gasteiger partial charge in [-0.05, 0) is 37.1 Å².